The standard InChI is InChI=1S/C12H12N2.2C6H7N/c13-10-6-8-12(9-7-10)14-11-4-2-1-3-5-11;2*7-6-4-2-1-3-5-6/h1-9,14H,13H2;2*1-5H,7H2. The lowest BCUT2D eigenvalue weighted by Crippen LogP contribution is -1.90. The Bertz CT molecular complexity index is 856. The molecule has 28 heavy (non-hydrogen) atoms. The number of para-hydroxylation sites is 3. The quantitative estimate of drug-likeness (QED) is 0.348. The number of hydrogen-bond donors (Lipinski definition) is 4. The average Bonchev–Trinajstić information content (AvgIpc) is 2.73. The first-order chi connectivity index (χ1) is 13.6. The molecule has 7 N–H and O–H groups in total. The van der Waals surface area contributed by atoms with E-state index in [4.69, 9.17) is 17.2 Å². The summed E-state index contributed by atoms with van der Waals surface area (Å²) in [4.78, 5) is 0. The second kappa shape index (κ2) is 11.6. The summed E-state index contributed by atoms with van der Waals surface area (Å²) in [6.45, 7) is 0. The molecule has 4 rings (SSSR count). The summed E-state index contributed by atoms with van der Waals surface area (Å²) >= 11 is 0. The van der Waals surface area contributed by atoms with Crippen LogP contribution in [0.15, 0.2) is 115 Å². The van der Waals surface area contributed by atoms with Crippen molar-refractivity contribution in [2.45, 2.75) is 0 Å². The van der Waals surface area contributed by atoms with E-state index >= 15 is 0 Å². The topological polar surface area (TPSA) is 90.1 Å². The highest BCUT2D eigenvalue weighted by molar-refractivity contribution is 5.61. The number of nitrogens with two attached hydrogens (primary N) is 3. The lowest BCUT2D eigenvalue weighted by atomic mass is 10.2. The number of rotatable bonds is 2. The minimum Gasteiger partial charge on any atom is -0.399 e. The smallest absolute Gasteiger partial charge is 0.0385 e. The van der Waals surface area contributed by atoms with Gasteiger partial charge in [-0.1, -0.05) is 54.6 Å². The largest absolute Gasteiger partial charge is 0.399 e. The summed E-state index contributed by atoms with van der Waals surface area (Å²) in [7, 11) is 0. The summed E-state index contributed by atoms with van der Waals surface area (Å²) < 4.78 is 0. The highest BCUT2D eigenvalue weighted by Gasteiger charge is 1.92. The zero-order valence-corrected chi connectivity index (χ0v) is 15.7. The van der Waals surface area contributed by atoms with Crippen LogP contribution in [0, 0.1) is 0 Å². The molecule has 0 unspecified atom stereocenters. The van der Waals surface area contributed by atoms with Gasteiger partial charge in [-0.2, -0.15) is 0 Å². The van der Waals surface area contributed by atoms with Crippen LogP contribution in [-0.4, -0.2) is 0 Å². The summed E-state index contributed by atoms with van der Waals surface area (Å²) in [5.74, 6) is 0. The molecule has 0 aliphatic heterocycles. The Morgan fingerprint density at radius 1 is 0.357 bits per heavy atom. The zero-order valence-electron chi connectivity index (χ0n) is 15.7. The van der Waals surface area contributed by atoms with Crippen molar-refractivity contribution < 1.29 is 0 Å². The third-order valence-electron chi connectivity index (χ3n) is 3.57. The van der Waals surface area contributed by atoms with E-state index in [1.54, 1.807) is 0 Å². The zero-order chi connectivity index (χ0) is 20.0. The molecule has 0 atom stereocenters. The fraction of sp³-hybridized carbons (Fsp3) is 0. The second-order valence-corrected chi connectivity index (χ2v) is 5.93. The molecule has 0 fully saturated rings. The molecule has 0 radical (unpaired) electrons. The third-order valence-corrected chi connectivity index (χ3v) is 3.57. The number of anilines is 5. The van der Waals surface area contributed by atoms with Crippen LogP contribution in [0.5, 0.6) is 0 Å². The van der Waals surface area contributed by atoms with E-state index in [9.17, 15) is 0 Å². The van der Waals surface area contributed by atoms with Gasteiger partial charge >= 0.3 is 0 Å². The van der Waals surface area contributed by atoms with Crippen LogP contribution in [0.4, 0.5) is 28.4 Å². The van der Waals surface area contributed by atoms with Crippen molar-refractivity contribution in [2.75, 3.05) is 22.5 Å². The summed E-state index contributed by atoms with van der Waals surface area (Å²) in [6.07, 6.45) is 0. The Labute approximate surface area is 166 Å². The van der Waals surface area contributed by atoms with Gasteiger partial charge < -0.3 is 22.5 Å². The molecule has 0 saturated heterocycles. The summed E-state index contributed by atoms with van der Waals surface area (Å²) in [5.41, 5.74) is 20.9. The molecule has 0 aromatic heterocycles. The van der Waals surface area contributed by atoms with Crippen LogP contribution in [0.3, 0.4) is 0 Å². The third kappa shape index (κ3) is 8.45. The van der Waals surface area contributed by atoms with Crippen LogP contribution >= 0.6 is 0 Å². The number of hydrogen-bond acceptors (Lipinski definition) is 4. The van der Waals surface area contributed by atoms with Crippen LogP contribution in [0.25, 0.3) is 0 Å². The van der Waals surface area contributed by atoms with Gasteiger partial charge in [0.2, 0.25) is 0 Å². The molecule has 0 heterocycles. The molecular formula is C24H26N4. The van der Waals surface area contributed by atoms with Crippen molar-refractivity contribution in [1.82, 2.24) is 0 Å². The molecule has 142 valence electrons. The van der Waals surface area contributed by atoms with E-state index in [0.717, 1.165) is 28.4 Å². The first-order valence-electron chi connectivity index (χ1n) is 8.92. The Kier molecular flexibility index (Phi) is 8.48. The Hall–Kier alpha value is -3.92. The van der Waals surface area contributed by atoms with Gasteiger partial charge in [0.1, 0.15) is 0 Å². The van der Waals surface area contributed by atoms with Gasteiger partial charge in [-0.3, -0.25) is 0 Å². The predicted octanol–water partition coefficient (Wildman–Crippen LogP) is 5.55. The molecule has 0 saturated carbocycles. The van der Waals surface area contributed by atoms with Gasteiger partial charge in [0.05, 0.1) is 0 Å². The van der Waals surface area contributed by atoms with Crippen LogP contribution in [-0.2, 0) is 0 Å². The molecule has 0 aliphatic carbocycles. The lowest BCUT2D eigenvalue weighted by molar-refractivity contribution is 1.55. The molecule has 4 aromatic rings. The maximum absolute atomic E-state index is 5.59. The van der Waals surface area contributed by atoms with Crippen molar-refractivity contribution in [3.8, 4) is 0 Å². The molecule has 4 nitrogen and oxygen atoms in total. The molecule has 0 aliphatic rings. The highest BCUT2D eigenvalue weighted by atomic mass is 14.9. The van der Waals surface area contributed by atoms with Crippen molar-refractivity contribution in [3.05, 3.63) is 115 Å². The SMILES string of the molecule is Nc1ccc(Nc2ccccc2)cc1.Nc1ccccc1.Nc1ccccc1. The lowest BCUT2D eigenvalue weighted by Gasteiger charge is -2.05. The van der Waals surface area contributed by atoms with Crippen LogP contribution < -0.4 is 22.5 Å². The minimum atomic E-state index is 0.781. The van der Waals surface area contributed by atoms with Gasteiger partial charge in [0.15, 0.2) is 0 Å². The molecule has 4 aromatic carbocycles. The van der Waals surface area contributed by atoms with Gasteiger partial charge in [0, 0.05) is 28.4 Å². The Balaban J connectivity index is 0.000000168. The highest BCUT2D eigenvalue weighted by Crippen LogP contribution is 2.16. The average molecular weight is 371 g/mol. The molecule has 4 heteroatoms. The second-order valence-electron chi connectivity index (χ2n) is 5.93. The van der Waals surface area contributed by atoms with Gasteiger partial charge in [-0.05, 0) is 60.7 Å². The number of benzene rings is 4. The monoisotopic (exact) mass is 370 g/mol. The van der Waals surface area contributed by atoms with E-state index in [1.807, 2.05) is 115 Å². The van der Waals surface area contributed by atoms with E-state index in [-0.39, 0.29) is 0 Å². The first-order valence-corrected chi connectivity index (χ1v) is 8.92. The van der Waals surface area contributed by atoms with Gasteiger partial charge in [-0.25, -0.2) is 0 Å². The van der Waals surface area contributed by atoms with Crippen molar-refractivity contribution >= 4 is 28.4 Å². The Morgan fingerprint density at radius 3 is 1.04 bits per heavy atom. The summed E-state index contributed by atoms with van der Waals surface area (Å²) in [5, 5.41) is 3.28. The first kappa shape index (κ1) is 20.4. The number of nitrogens with one attached hydrogen (secondary N) is 1. The van der Waals surface area contributed by atoms with Crippen molar-refractivity contribution in [3.63, 3.8) is 0 Å². The Morgan fingerprint density at radius 2 is 0.679 bits per heavy atom. The molecule has 0 amide bonds. The fourth-order valence-electron chi connectivity index (χ4n) is 2.16. The van der Waals surface area contributed by atoms with Crippen LogP contribution in [0.1, 0.15) is 0 Å². The normalized spacial score (nSPS) is 9.14. The van der Waals surface area contributed by atoms with Crippen LogP contribution in [0.2, 0.25) is 0 Å². The van der Waals surface area contributed by atoms with Crippen molar-refractivity contribution in [2.24, 2.45) is 0 Å². The van der Waals surface area contributed by atoms with E-state index in [2.05, 4.69) is 5.32 Å². The predicted molar refractivity (Wildman–Crippen MR) is 122 cm³/mol. The molecule has 0 spiro atoms. The van der Waals surface area contributed by atoms with Gasteiger partial charge in [-0.15, -0.1) is 0 Å². The van der Waals surface area contributed by atoms with E-state index in [0.29, 0.717) is 0 Å². The van der Waals surface area contributed by atoms with Crippen molar-refractivity contribution in [1.29, 1.82) is 0 Å². The number of nitrogen functional groups attached to an aromatic ring is 3. The van der Waals surface area contributed by atoms with E-state index in [1.165, 1.54) is 0 Å². The fourth-order valence-corrected chi connectivity index (χ4v) is 2.16. The molecule has 0 bridgehead atoms. The van der Waals surface area contributed by atoms with Gasteiger partial charge in [0.25, 0.3) is 0 Å². The molecular weight excluding hydrogens is 344 g/mol. The summed E-state index contributed by atoms with van der Waals surface area (Å²) in [6, 6.07) is 36.7. The van der Waals surface area contributed by atoms with E-state index < -0.39 is 0 Å². The maximum atomic E-state index is 5.59. The minimum absolute atomic E-state index is 0.781. The maximum Gasteiger partial charge on any atom is 0.0385 e.